The van der Waals surface area contributed by atoms with Crippen molar-refractivity contribution in [3.05, 3.63) is 30.1 Å². The molecule has 1 aliphatic rings. The van der Waals surface area contributed by atoms with Gasteiger partial charge in [0.2, 0.25) is 0 Å². The van der Waals surface area contributed by atoms with Crippen LogP contribution in [0.3, 0.4) is 0 Å². The molecule has 1 N–H and O–H groups in total. The Labute approximate surface area is 89.5 Å². The third-order valence-corrected chi connectivity index (χ3v) is 3.83. The molecule has 0 bridgehead atoms. The zero-order valence-corrected chi connectivity index (χ0v) is 9.09. The van der Waals surface area contributed by atoms with Crippen molar-refractivity contribution in [2.24, 2.45) is 0 Å². The van der Waals surface area contributed by atoms with Crippen LogP contribution in [0.2, 0.25) is 0 Å². The summed E-state index contributed by atoms with van der Waals surface area (Å²) in [4.78, 5) is 4.12. The van der Waals surface area contributed by atoms with Gasteiger partial charge in [0.1, 0.15) is 0 Å². The zero-order valence-electron chi connectivity index (χ0n) is 8.28. The second-order valence-electron chi connectivity index (χ2n) is 3.64. The molecule has 1 fully saturated rings. The van der Waals surface area contributed by atoms with Gasteiger partial charge in [-0.1, -0.05) is 6.07 Å². The first-order chi connectivity index (χ1) is 6.95. The minimum absolute atomic E-state index is 0.795. The average Bonchev–Trinajstić information content (AvgIpc) is 2.29. The molecule has 1 aromatic rings. The molecular weight excluding hydrogens is 192 g/mol. The number of hydrogen-bond acceptors (Lipinski definition) is 3. The first-order valence-electron chi connectivity index (χ1n) is 5.16. The maximum Gasteiger partial charge on any atom is 0.0308 e. The first kappa shape index (κ1) is 9.99. The van der Waals surface area contributed by atoms with Gasteiger partial charge in [0.05, 0.1) is 0 Å². The van der Waals surface area contributed by atoms with Crippen molar-refractivity contribution in [1.82, 2.24) is 10.3 Å². The van der Waals surface area contributed by atoms with E-state index in [2.05, 4.69) is 16.4 Å². The summed E-state index contributed by atoms with van der Waals surface area (Å²) in [6, 6.07) is 4.16. The SMILES string of the molecule is c1cncc(CS[C@H]2CCCNC2)c1. The highest BCUT2D eigenvalue weighted by Gasteiger charge is 2.12. The summed E-state index contributed by atoms with van der Waals surface area (Å²) in [7, 11) is 0. The summed E-state index contributed by atoms with van der Waals surface area (Å²) in [5, 5.41) is 4.23. The molecule has 0 aromatic carbocycles. The lowest BCUT2D eigenvalue weighted by Gasteiger charge is -2.21. The van der Waals surface area contributed by atoms with E-state index in [1.807, 2.05) is 30.2 Å². The number of nitrogens with zero attached hydrogens (tertiary/aromatic N) is 1. The monoisotopic (exact) mass is 208 g/mol. The Morgan fingerprint density at radius 1 is 1.57 bits per heavy atom. The molecule has 14 heavy (non-hydrogen) atoms. The summed E-state index contributed by atoms with van der Waals surface area (Å²) in [5.74, 6) is 1.10. The minimum atomic E-state index is 0.795. The molecule has 0 unspecified atom stereocenters. The van der Waals surface area contributed by atoms with E-state index < -0.39 is 0 Å². The van der Waals surface area contributed by atoms with Crippen LogP contribution in [0.25, 0.3) is 0 Å². The molecular formula is C11H16N2S. The van der Waals surface area contributed by atoms with Crippen LogP contribution < -0.4 is 5.32 Å². The predicted octanol–water partition coefficient (Wildman–Crippen LogP) is 2.07. The Hall–Kier alpha value is -0.540. The quantitative estimate of drug-likeness (QED) is 0.823. The highest BCUT2D eigenvalue weighted by molar-refractivity contribution is 7.99. The summed E-state index contributed by atoms with van der Waals surface area (Å²) >= 11 is 2.05. The van der Waals surface area contributed by atoms with E-state index in [1.165, 1.54) is 31.5 Å². The summed E-state index contributed by atoms with van der Waals surface area (Å²) < 4.78 is 0. The van der Waals surface area contributed by atoms with Crippen LogP contribution in [0, 0.1) is 0 Å². The number of hydrogen-bond donors (Lipinski definition) is 1. The summed E-state index contributed by atoms with van der Waals surface area (Å²) in [6.07, 6.45) is 6.47. The van der Waals surface area contributed by atoms with Crippen molar-refractivity contribution < 1.29 is 0 Å². The molecule has 0 aliphatic carbocycles. The average molecular weight is 208 g/mol. The van der Waals surface area contributed by atoms with Crippen molar-refractivity contribution >= 4 is 11.8 Å². The highest BCUT2D eigenvalue weighted by Crippen LogP contribution is 2.22. The van der Waals surface area contributed by atoms with Gasteiger partial charge in [0, 0.05) is 29.9 Å². The lowest BCUT2D eigenvalue weighted by Crippen LogP contribution is -2.31. The summed E-state index contributed by atoms with van der Waals surface area (Å²) in [6.45, 7) is 2.37. The molecule has 0 saturated carbocycles. The highest BCUT2D eigenvalue weighted by atomic mass is 32.2. The molecule has 1 saturated heterocycles. The van der Waals surface area contributed by atoms with E-state index in [4.69, 9.17) is 0 Å². The fourth-order valence-corrected chi connectivity index (χ4v) is 2.83. The minimum Gasteiger partial charge on any atom is -0.316 e. The number of rotatable bonds is 3. The van der Waals surface area contributed by atoms with Gasteiger partial charge in [-0.25, -0.2) is 0 Å². The Morgan fingerprint density at radius 2 is 2.57 bits per heavy atom. The van der Waals surface area contributed by atoms with Gasteiger partial charge in [-0.3, -0.25) is 4.98 Å². The van der Waals surface area contributed by atoms with Gasteiger partial charge < -0.3 is 5.32 Å². The van der Waals surface area contributed by atoms with Crippen LogP contribution in [-0.4, -0.2) is 23.3 Å². The molecule has 2 rings (SSSR count). The Kier molecular flexibility index (Phi) is 3.83. The lowest BCUT2D eigenvalue weighted by atomic mass is 10.2. The molecule has 2 nitrogen and oxygen atoms in total. The molecule has 1 aromatic heterocycles. The molecule has 0 radical (unpaired) electrons. The third kappa shape index (κ3) is 3.00. The lowest BCUT2D eigenvalue weighted by molar-refractivity contribution is 0.531. The number of piperidine rings is 1. The largest absolute Gasteiger partial charge is 0.316 e. The fraction of sp³-hybridized carbons (Fsp3) is 0.545. The molecule has 3 heteroatoms. The zero-order chi connectivity index (χ0) is 9.64. The van der Waals surface area contributed by atoms with Gasteiger partial charge in [-0.2, -0.15) is 11.8 Å². The second kappa shape index (κ2) is 5.37. The molecule has 0 spiro atoms. The Balaban J connectivity index is 1.76. The van der Waals surface area contributed by atoms with Crippen molar-refractivity contribution in [1.29, 1.82) is 0 Å². The van der Waals surface area contributed by atoms with Crippen molar-refractivity contribution in [2.45, 2.75) is 23.8 Å². The van der Waals surface area contributed by atoms with Crippen molar-refractivity contribution in [3.63, 3.8) is 0 Å². The van der Waals surface area contributed by atoms with Crippen LogP contribution in [0.15, 0.2) is 24.5 Å². The summed E-state index contributed by atoms with van der Waals surface area (Å²) in [5.41, 5.74) is 1.34. The molecule has 2 heterocycles. The normalized spacial score (nSPS) is 22.1. The van der Waals surface area contributed by atoms with Crippen LogP contribution >= 0.6 is 11.8 Å². The van der Waals surface area contributed by atoms with Crippen LogP contribution in [0.4, 0.5) is 0 Å². The van der Waals surface area contributed by atoms with Gasteiger partial charge in [0.15, 0.2) is 0 Å². The van der Waals surface area contributed by atoms with Crippen molar-refractivity contribution in [3.8, 4) is 0 Å². The molecule has 1 atom stereocenters. The van der Waals surface area contributed by atoms with Gasteiger partial charge >= 0.3 is 0 Å². The van der Waals surface area contributed by atoms with Gasteiger partial charge in [0.25, 0.3) is 0 Å². The van der Waals surface area contributed by atoms with Gasteiger partial charge in [-0.05, 0) is 31.0 Å². The molecule has 1 aliphatic heterocycles. The Morgan fingerprint density at radius 3 is 3.29 bits per heavy atom. The maximum absolute atomic E-state index is 4.12. The molecule has 0 amide bonds. The number of thioether (sulfide) groups is 1. The number of nitrogens with one attached hydrogen (secondary N) is 1. The molecule has 76 valence electrons. The van der Waals surface area contributed by atoms with E-state index in [0.29, 0.717) is 0 Å². The topological polar surface area (TPSA) is 24.9 Å². The van der Waals surface area contributed by atoms with E-state index in [-0.39, 0.29) is 0 Å². The van der Waals surface area contributed by atoms with E-state index >= 15 is 0 Å². The van der Waals surface area contributed by atoms with Crippen LogP contribution in [0.1, 0.15) is 18.4 Å². The number of aromatic nitrogens is 1. The first-order valence-corrected chi connectivity index (χ1v) is 6.21. The van der Waals surface area contributed by atoms with E-state index in [9.17, 15) is 0 Å². The second-order valence-corrected chi connectivity index (χ2v) is 4.93. The van der Waals surface area contributed by atoms with E-state index in [1.54, 1.807) is 0 Å². The smallest absolute Gasteiger partial charge is 0.0308 e. The van der Waals surface area contributed by atoms with Crippen LogP contribution in [0.5, 0.6) is 0 Å². The third-order valence-electron chi connectivity index (χ3n) is 2.46. The Bertz CT molecular complexity index is 257. The van der Waals surface area contributed by atoms with Gasteiger partial charge in [-0.15, -0.1) is 0 Å². The van der Waals surface area contributed by atoms with E-state index in [0.717, 1.165) is 11.0 Å². The van der Waals surface area contributed by atoms with Crippen LogP contribution in [-0.2, 0) is 5.75 Å². The fourth-order valence-electron chi connectivity index (χ4n) is 1.66. The maximum atomic E-state index is 4.12. The predicted molar refractivity (Wildman–Crippen MR) is 61.4 cm³/mol. The standard InChI is InChI=1S/C11H16N2S/c1-3-10(7-12-5-1)9-14-11-4-2-6-13-8-11/h1,3,5,7,11,13H,2,4,6,8-9H2/t11-/m0/s1. The van der Waals surface area contributed by atoms with Crippen molar-refractivity contribution in [2.75, 3.05) is 13.1 Å². The number of pyridine rings is 1.